The Morgan fingerprint density at radius 2 is 2.35 bits per heavy atom. The number of nitrogens with zero attached hydrogens (tertiary/aromatic N) is 2. The van der Waals surface area contributed by atoms with Crippen molar-refractivity contribution in [1.29, 1.82) is 0 Å². The van der Waals surface area contributed by atoms with Crippen molar-refractivity contribution in [2.24, 2.45) is 11.7 Å². The fourth-order valence-electron chi connectivity index (χ4n) is 2.58. The van der Waals surface area contributed by atoms with Gasteiger partial charge in [-0.25, -0.2) is 4.79 Å². The van der Waals surface area contributed by atoms with E-state index in [-0.39, 0.29) is 11.9 Å². The van der Waals surface area contributed by atoms with Crippen LogP contribution in [0.3, 0.4) is 0 Å². The molecule has 0 bridgehead atoms. The minimum atomic E-state index is -0.266. The molecular weight excluding hydrogens is 220 g/mol. The fourth-order valence-corrected chi connectivity index (χ4v) is 2.58. The predicted octanol–water partition coefficient (Wildman–Crippen LogP) is -0.793. The second-order valence-corrected chi connectivity index (χ2v) is 4.89. The summed E-state index contributed by atoms with van der Waals surface area (Å²) in [6.45, 7) is 5.00. The van der Waals surface area contributed by atoms with Crippen molar-refractivity contribution in [2.45, 2.75) is 19.4 Å². The van der Waals surface area contributed by atoms with Crippen LogP contribution in [0.15, 0.2) is 0 Å². The molecule has 3 amide bonds. The van der Waals surface area contributed by atoms with Crippen molar-refractivity contribution in [3.8, 4) is 0 Å². The zero-order chi connectivity index (χ0) is 12.4. The van der Waals surface area contributed by atoms with Gasteiger partial charge in [-0.05, 0) is 25.8 Å². The molecule has 2 heterocycles. The van der Waals surface area contributed by atoms with Gasteiger partial charge in [0.2, 0.25) is 5.91 Å². The lowest BCUT2D eigenvalue weighted by atomic mass is 10.1. The molecule has 0 aromatic heterocycles. The van der Waals surface area contributed by atoms with Gasteiger partial charge in [0.1, 0.15) is 0 Å². The molecule has 2 fully saturated rings. The number of hydrogen-bond acceptors (Lipinski definition) is 4. The normalized spacial score (nSPS) is 29.8. The lowest BCUT2D eigenvalue weighted by molar-refractivity contribution is -0.128. The van der Waals surface area contributed by atoms with Crippen LogP contribution in [0.4, 0.5) is 4.79 Å². The van der Waals surface area contributed by atoms with Gasteiger partial charge in [0.05, 0.1) is 6.54 Å². The fraction of sp³-hybridized carbons (Fsp3) is 0.818. The van der Waals surface area contributed by atoms with E-state index in [1.54, 1.807) is 0 Å². The molecule has 17 heavy (non-hydrogen) atoms. The zero-order valence-corrected chi connectivity index (χ0v) is 10.2. The molecule has 2 atom stereocenters. The highest BCUT2D eigenvalue weighted by atomic mass is 16.2. The molecule has 2 rings (SSSR count). The monoisotopic (exact) mass is 240 g/mol. The van der Waals surface area contributed by atoms with Crippen LogP contribution in [0.25, 0.3) is 0 Å². The second-order valence-electron chi connectivity index (χ2n) is 4.89. The molecule has 0 spiro atoms. The number of urea groups is 1. The standard InChI is InChI=1S/C11H20N4O2/c1-8-4-9(5-12)6-14(8)7-10(16)15-3-2-13-11(15)17/h8-9H,2-7,12H2,1H3,(H,13,17). The van der Waals surface area contributed by atoms with Crippen LogP contribution in [0.2, 0.25) is 0 Å². The number of amides is 3. The molecule has 2 saturated heterocycles. The molecule has 6 nitrogen and oxygen atoms in total. The van der Waals surface area contributed by atoms with Crippen LogP contribution >= 0.6 is 0 Å². The van der Waals surface area contributed by atoms with Crippen molar-refractivity contribution < 1.29 is 9.59 Å². The average molecular weight is 240 g/mol. The summed E-state index contributed by atoms with van der Waals surface area (Å²) < 4.78 is 0. The van der Waals surface area contributed by atoms with E-state index in [9.17, 15) is 9.59 Å². The summed E-state index contributed by atoms with van der Waals surface area (Å²) in [6, 6.07) is 0.107. The van der Waals surface area contributed by atoms with E-state index < -0.39 is 0 Å². The van der Waals surface area contributed by atoms with Gasteiger partial charge < -0.3 is 11.1 Å². The number of imide groups is 1. The van der Waals surface area contributed by atoms with Gasteiger partial charge in [-0.3, -0.25) is 14.6 Å². The first-order valence-corrected chi connectivity index (χ1v) is 6.14. The maximum absolute atomic E-state index is 11.9. The van der Waals surface area contributed by atoms with Crippen molar-refractivity contribution in [3.63, 3.8) is 0 Å². The highest BCUT2D eigenvalue weighted by Gasteiger charge is 2.33. The number of likely N-dealkylation sites (tertiary alicyclic amines) is 1. The SMILES string of the molecule is CC1CC(CN)CN1CC(=O)N1CCNC1=O. The van der Waals surface area contributed by atoms with Crippen LogP contribution < -0.4 is 11.1 Å². The van der Waals surface area contributed by atoms with E-state index in [1.807, 2.05) is 0 Å². The first-order valence-electron chi connectivity index (χ1n) is 6.14. The molecule has 3 N–H and O–H groups in total. The summed E-state index contributed by atoms with van der Waals surface area (Å²) in [5.41, 5.74) is 5.65. The van der Waals surface area contributed by atoms with Crippen LogP contribution in [0.1, 0.15) is 13.3 Å². The highest BCUT2D eigenvalue weighted by molar-refractivity contribution is 5.96. The largest absolute Gasteiger partial charge is 0.336 e. The third kappa shape index (κ3) is 2.58. The van der Waals surface area contributed by atoms with Gasteiger partial charge in [0.15, 0.2) is 0 Å². The van der Waals surface area contributed by atoms with E-state index in [2.05, 4.69) is 17.1 Å². The zero-order valence-electron chi connectivity index (χ0n) is 10.2. The molecule has 0 aromatic rings. The third-order valence-corrected chi connectivity index (χ3v) is 3.62. The summed E-state index contributed by atoms with van der Waals surface area (Å²) in [6.07, 6.45) is 1.04. The Morgan fingerprint density at radius 1 is 1.59 bits per heavy atom. The number of nitrogens with two attached hydrogens (primary N) is 1. The first kappa shape index (κ1) is 12.3. The Hall–Kier alpha value is -1.14. The first-order chi connectivity index (χ1) is 8.11. The number of nitrogens with one attached hydrogen (secondary N) is 1. The van der Waals surface area contributed by atoms with E-state index in [4.69, 9.17) is 5.73 Å². The summed E-state index contributed by atoms with van der Waals surface area (Å²) in [7, 11) is 0. The lowest BCUT2D eigenvalue weighted by Crippen LogP contribution is -2.43. The molecular formula is C11H20N4O2. The van der Waals surface area contributed by atoms with Crippen molar-refractivity contribution >= 4 is 11.9 Å². The Morgan fingerprint density at radius 3 is 2.88 bits per heavy atom. The number of carbonyl (C=O) groups is 2. The molecule has 2 unspecified atom stereocenters. The van der Waals surface area contributed by atoms with Crippen LogP contribution in [0, 0.1) is 5.92 Å². The van der Waals surface area contributed by atoms with Gasteiger partial charge in [0, 0.05) is 25.7 Å². The average Bonchev–Trinajstić information content (AvgIpc) is 2.86. The summed E-state index contributed by atoms with van der Waals surface area (Å²) >= 11 is 0. The molecule has 0 aliphatic carbocycles. The molecule has 0 radical (unpaired) electrons. The van der Waals surface area contributed by atoms with E-state index in [0.29, 0.717) is 38.1 Å². The summed E-state index contributed by atoms with van der Waals surface area (Å²) in [5, 5.41) is 2.63. The van der Waals surface area contributed by atoms with E-state index in [0.717, 1.165) is 13.0 Å². The Labute approximate surface area is 101 Å². The Balaban J connectivity index is 1.88. The van der Waals surface area contributed by atoms with Crippen molar-refractivity contribution in [1.82, 2.24) is 15.1 Å². The van der Waals surface area contributed by atoms with Gasteiger partial charge in [-0.1, -0.05) is 0 Å². The summed E-state index contributed by atoms with van der Waals surface area (Å²) in [4.78, 5) is 26.7. The minimum absolute atomic E-state index is 0.107. The lowest BCUT2D eigenvalue weighted by Gasteiger charge is -2.22. The number of carbonyl (C=O) groups excluding carboxylic acids is 2. The Bertz CT molecular complexity index is 321. The van der Waals surface area contributed by atoms with Crippen molar-refractivity contribution in [3.05, 3.63) is 0 Å². The molecule has 96 valence electrons. The van der Waals surface area contributed by atoms with Gasteiger partial charge in [0.25, 0.3) is 0 Å². The van der Waals surface area contributed by atoms with E-state index in [1.165, 1.54) is 4.90 Å². The second kappa shape index (κ2) is 5.01. The number of rotatable bonds is 3. The number of hydrogen-bond donors (Lipinski definition) is 2. The van der Waals surface area contributed by atoms with Crippen molar-refractivity contribution in [2.75, 3.05) is 32.7 Å². The van der Waals surface area contributed by atoms with E-state index >= 15 is 0 Å². The van der Waals surface area contributed by atoms with Crippen LogP contribution in [-0.2, 0) is 4.79 Å². The van der Waals surface area contributed by atoms with Crippen LogP contribution in [0.5, 0.6) is 0 Å². The van der Waals surface area contributed by atoms with Gasteiger partial charge in [-0.15, -0.1) is 0 Å². The third-order valence-electron chi connectivity index (χ3n) is 3.62. The topological polar surface area (TPSA) is 78.7 Å². The molecule has 2 aliphatic heterocycles. The molecule has 6 heteroatoms. The molecule has 0 saturated carbocycles. The van der Waals surface area contributed by atoms with Crippen LogP contribution in [-0.4, -0.2) is 60.5 Å². The van der Waals surface area contributed by atoms with Gasteiger partial charge in [-0.2, -0.15) is 0 Å². The highest BCUT2D eigenvalue weighted by Crippen LogP contribution is 2.21. The molecule has 0 aromatic carbocycles. The smallest absolute Gasteiger partial charge is 0.324 e. The quantitative estimate of drug-likeness (QED) is 0.677. The van der Waals surface area contributed by atoms with Gasteiger partial charge >= 0.3 is 6.03 Å². The minimum Gasteiger partial charge on any atom is -0.336 e. The predicted molar refractivity (Wildman–Crippen MR) is 63.3 cm³/mol. The maximum Gasteiger partial charge on any atom is 0.324 e. The Kier molecular flexibility index (Phi) is 3.63. The maximum atomic E-state index is 11.9. The molecule has 2 aliphatic rings. The summed E-state index contributed by atoms with van der Waals surface area (Å²) in [5.74, 6) is 0.370.